The molecule has 2 amide bonds. The minimum Gasteiger partial charge on any atom is -0.368 e. The number of carbonyl (C=O) groups excluding carboxylic acids is 2. The minimum absolute atomic E-state index is 0.0855. The summed E-state index contributed by atoms with van der Waals surface area (Å²) < 4.78 is 0. The highest BCUT2D eigenvalue weighted by Crippen LogP contribution is 2.26. The molecule has 0 bridgehead atoms. The van der Waals surface area contributed by atoms with Crippen LogP contribution in [0.15, 0.2) is 53.4 Å². The van der Waals surface area contributed by atoms with E-state index in [-0.39, 0.29) is 11.8 Å². The first kappa shape index (κ1) is 26.3. The van der Waals surface area contributed by atoms with Gasteiger partial charge in [-0.2, -0.15) is 0 Å². The first-order valence-corrected chi connectivity index (χ1v) is 12.8. The molecule has 2 aromatic carbocycles. The van der Waals surface area contributed by atoms with E-state index in [0.717, 1.165) is 16.0 Å². The fraction of sp³-hybridized carbons (Fsp3) is 0.280. The highest BCUT2D eigenvalue weighted by molar-refractivity contribution is 7.98. The topological polar surface area (TPSA) is 108 Å². The van der Waals surface area contributed by atoms with Gasteiger partial charge in [-0.25, -0.2) is 9.97 Å². The van der Waals surface area contributed by atoms with Gasteiger partial charge in [0.25, 0.3) is 5.91 Å². The van der Waals surface area contributed by atoms with Crippen molar-refractivity contribution in [3.63, 3.8) is 0 Å². The predicted molar refractivity (Wildman–Crippen MR) is 143 cm³/mol. The zero-order chi connectivity index (χ0) is 25.2. The van der Waals surface area contributed by atoms with Crippen LogP contribution in [0.1, 0.15) is 22.8 Å². The van der Waals surface area contributed by atoms with E-state index in [9.17, 15) is 9.59 Å². The van der Waals surface area contributed by atoms with Gasteiger partial charge in [-0.1, -0.05) is 23.7 Å². The molecular formula is C25H29ClN6O2S. The number of hydrogen-bond donors (Lipinski definition) is 4. The molecule has 3 rings (SSSR count). The lowest BCUT2D eigenvalue weighted by atomic mass is 10.2. The first-order chi connectivity index (χ1) is 16.9. The molecule has 0 saturated heterocycles. The average Bonchev–Trinajstić information content (AvgIpc) is 2.86. The van der Waals surface area contributed by atoms with Gasteiger partial charge in [-0.3, -0.25) is 9.59 Å². The molecule has 4 N–H and O–H groups in total. The Morgan fingerprint density at radius 3 is 2.09 bits per heavy atom. The van der Waals surface area contributed by atoms with Gasteiger partial charge in [0.2, 0.25) is 5.91 Å². The largest absolute Gasteiger partial charge is 0.368 e. The number of anilines is 2. The van der Waals surface area contributed by atoms with E-state index >= 15 is 0 Å². The van der Waals surface area contributed by atoms with E-state index in [0.29, 0.717) is 54.2 Å². The second-order valence-electron chi connectivity index (χ2n) is 7.67. The molecule has 0 unspecified atom stereocenters. The van der Waals surface area contributed by atoms with E-state index in [1.807, 2.05) is 49.6 Å². The highest BCUT2D eigenvalue weighted by Gasteiger charge is 2.13. The summed E-state index contributed by atoms with van der Waals surface area (Å²) in [6.07, 6.45) is 1.95. The summed E-state index contributed by atoms with van der Waals surface area (Å²) in [5.41, 5.74) is 2.32. The van der Waals surface area contributed by atoms with Crippen LogP contribution in [0, 0.1) is 6.92 Å². The van der Waals surface area contributed by atoms with Crippen LogP contribution in [0.25, 0.3) is 11.4 Å². The molecule has 1 heterocycles. The Morgan fingerprint density at radius 1 is 0.886 bits per heavy atom. The molecule has 0 spiro atoms. The van der Waals surface area contributed by atoms with Gasteiger partial charge in [0.1, 0.15) is 11.6 Å². The van der Waals surface area contributed by atoms with Crippen LogP contribution in [0.5, 0.6) is 0 Å². The Hall–Kier alpha value is -3.30. The van der Waals surface area contributed by atoms with Gasteiger partial charge in [0.05, 0.1) is 5.56 Å². The van der Waals surface area contributed by atoms with Crippen molar-refractivity contribution in [2.75, 3.05) is 43.1 Å². The van der Waals surface area contributed by atoms with Crippen molar-refractivity contribution >= 4 is 46.8 Å². The smallest absolute Gasteiger partial charge is 0.252 e. The van der Waals surface area contributed by atoms with Crippen molar-refractivity contribution in [1.82, 2.24) is 20.6 Å². The Balaban J connectivity index is 1.71. The number of nitrogens with one attached hydrogen (secondary N) is 4. The number of benzene rings is 2. The van der Waals surface area contributed by atoms with Crippen LogP contribution in [0.2, 0.25) is 5.02 Å². The summed E-state index contributed by atoms with van der Waals surface area (Å²) in [5.74, 6) is 1.66. The molecule has 35 heavy (non-hydrogen) atoms. The lowest BCUT2D eigenvalue weighted by Gasteiger charge is -2.16. The molecular weight excluding hydrogens is 484 g/mol. The number of thioether (sulfide) groups is 1. The van der Waals surface area contributed by atoms with E-state index in [1.165, 1.54) is 6.92 Å². The number of nitrogens with zero attached hydrogens (tertiary/aromatic N) is 2. The fourth-order valence-electron chi connectivity index (χ4n) is 3.29. The lowest BCUT2D eigenvalue weighted by molar-refractivity contribution is -0.118. The predicted octanol–water partition coefficient (Wildman–Crippen LogP) is 4.22. The molecule has 10 heteroatoms. The van der Waals surface area contributed by atoms with Gasteiger partial charge in [0, 0.05) is 54.1 Å². The van der Waals surface area contributed by atoms with Crippen LogP contribution in [0.4, 0.5) is 11.6 Å². The summed E-state index contributed by atoms with van der Waals surface area (Å²) in [5, 5.41) is 12.9. The SMILES string of the molecule is CSc1ccccc1C(=O)NCCNc1nc(-c2ccc(Cl)cc2)nc(NCCNC(C)=O)c1C. The number of halogens is 1. The van der Waals surface area contributed by atoms with Crippen LogP contribution in [0.3, 0.4) is 0 Å². The van der Waals surface area contributed by atoms with E-state index < -0.39 is 0 Å². The second kappa shape index (κ2) is 13.0. The van der Waals surface area contributed by atoms with Crippen molar-refractivity contribution in [2.24, 2.45) is 0 Å². The summed E-state index contributed by atoms with van der Waals surface area (Å²) in [6.45, 7) is 5.29. The molecule has 0 radical (unpaired) electrons. The summed E-state index contributed by atoms with van der Waals surface area (Å²) in [4.78, 5) is 34.0. The number of carbonyl (C=O) groups is 2. The zero-order valence-corrected chi connectivity index (χ0v) is 21.5. The van der Waals surface area contributed by atoms with Gasteiger partial charge < -0.3 is 21.3 Å². The third kappa shape index (κ3) is 7.60. The van der Waals surface area contributed by atoms with Crippen molar-refractivity contribution in [1.29, 1.82) is 0 Å². The van der Waals surface area contributed by atoms with Crippen molar-refractivity contribution < 1.29 is 9.59 Å². The highest BCUT2D eigenvalue weighted by atomic mass is 35.5. The quantitative estimate of drug-likeness (QED) is 0.225. The van der Waals surface area contributed by atoms with Crippen molar-refractivity contribution in [3.05, 3.63) is 64.7 Å². The number of amides is 2. The van der Waals surface area contributed by atoms with Crippen molar-refractivity contribution in [3.8, 4) is 11.4 Å². The van der Waals surface area contributed by atoms with Gasteiger partial charge in [-0.15, -0.1) is 11.8 Å². The Morgan fingerprint density at radius 2 is 1.49 bits per heavy atom. The number of rotatable bonds is 11. The Bertz CT molecular complexity index is 1170. The fourth-order valence-corrected chi connectivity index (χ4v) is 4.01. The molecule has 184 valence electrons. The van der Waals surface area contributed by atoms with Gasteiger partial charge in [0.15, 0.2) is 5.82 Å². The van der Waals surface area contributed by atoms with Crippen molar-refractivity contribution in [2.45, 2.75) is 18.7 Å². The molecule has 0 aliphatic heterocycles. The molecule has 0 atom stereocenters. The molecule has 0 fully saturated rings. The van der Waals surface area contributed by atoms with E-state index in [4.69, 9.17) is 16.6 Å². The van der Waals surface area contributed by atoms with Crippen LogP contribution < -0.4 is 21.3 Å². The number of hydrogen-bond acceptors (Lipinski definition) is 7. The summed E-state index contributed by atoms with van der Waals surface area (Å²) in [7, 11) is 0. The molecule has 0 aliphatic rings. The zero-order valence-electron chi connectivity index (χ0n) is 19.9. The Labute approximate surface area is 214 Å². The standard InChI is InChI=1S/C25H29ClN6O2S/c1-16-22(28-13-12-27-17(2)33)31-24(18-8-10-19(26)11-9-18)32-23(16)29-14-15-30-25(34)20-6-4-5-7-21(20)35-3/h4-11H,12-15H2,1-3H3,(H,27,33)(H,30,34)(H2,28,29,31,32). The molecule has 1 aromatic heterocycles. The maximum absolute atomic E-state index is 12.6. The normalized spacial score (nSPS) is 10.5. The monoisotopic (exact) mass is 512 g/mol. The molecule has 0 aliphatic carbocycles. The first-order valence-electron chi connectivity index (χ1n) is 11.2. The van der Waals surface area contributed by atoms with E-state index in [2.05, 4.69) is 26.3 Å². The third-order valence-electron chi connectivity index (χ3n) is 5.09. The third-order valence-corrected chi connectivity index (χ3v) is 6.14. The van der Waals surface area contributed by atoms with Gasteiger partial charge >= 0.3 is 0 Å². The van der Waals surface area contributed by atoms with Crippen LogP contribution >= 0.6 is 23.4 Å². The maximum Gasteiger partial charge on any atom is 0.252 e. The summed E-state index contributed by atoms with van der Waals surface area (Å²) in [6, 6.07) is 14.8. The molecule has 3 aromatic rings. The van der Waals surface area contributed by atoms with Gasteiger partial charge in [-0.05, 0) is 49.6 Å². The van der Waals surface area contributed by atoms with E-state index in [1.54, 1.807) is 23.9 Å². The minimum atomic E-state index is -0.113. The molecule has 8 nitrogen and oxygen atoms in total. The summed E-state index contributed by atoms with van der Waals surface area (Å²) >= 11 is 7.58. The Kier molecular flexibility index (Phi) is 9.75. The molecule has 0 saturated carbocycles. The second-order valence-corrected chi connectivity index (χ2v) is 8.95. The lowest BCUT2D eigenvalue weighted by Crippen LogP contribution is -2.29. The van der Waals surface area contributed by atoms with Crippen LogP contribution in [-0.2, 0) is 4.79 Å². The number of aromatic nitrogens is 2. The van der Waals surface area contributed by atoms with Crippen LogP contribution in [-0.4, -0.2) is 54.2 Å². The maximum atomic E-state index is 12.6. The average molecular weight is 513 g/mol.